The van der Waals surface area contributed by atoms with Crippen molar-refractivity contribution in [1.82, 2.24) is 4.90 Å². The molecule has 138 valence electrons. The Kier molecular flexibility index (Phi) is 7.36. The van der Waals surface area contributed by atoms with Gasteiger partial charge < -0.3 is 15.0 Å². The van der Waals surface area contributed by atoms with E-state index in [2.05, 4.69) is 5.32 Å². The summed E-state index contributed by atoms with van der Waals surface area (Å²) in [5, 5.41) is 2.90. The summed E-state index contributed by atoms with van der Waals surface area (Å²) in [6.07, 6.45) is 1.17. The first kappa shape index (κ1) is 19.7. The normalized spacial score (nSPS) is 11.7. The van der Waals surface area contributed by atoms with Crippen molar-refractivity contribution < 1.29 is 14.3 Å². The fourth-order valence-electron chi connectivity index (χ4n) is 2.65. The predicted molar refractivity (Wildman–Crippen MR) is 103 cm³/mol. The van der Waals surface area contributed by atoms with E-state index >= 15 is 0 Å². The monoisotopic (exact) mass is 354 g/mol. The molecular formula is C21H26N2O3. The van der Waals surface area contributed by atoms with E-state index in [1.807, 2.05) is 49.4 Å². The molecule has 2 aromatic carbocycles. The zero-order valence-electron chi connectivity index (χ0n) is 15.6. The highest BCUT2D eigenvalue weighted by molar-refractivity contribution is 6.04. The Morgan fingerprint density at radius 2 is 1.85 bits per heavy atom. The van der Waals surface area contributed by atoms with Crippen LogP contribution in [0, 0.1) is 0 Å². The Morgan fingerprint density at radius 1 is 1.12 bits per heavy atom. The molecular weight excluding hydrogens is 328 g/mol. The number of benzene rings is 2. The molecule has 2 rings (SSSR count). The van der Waals surface area contributed by atoms with Gasteiger partial charge in [0.25, 0.3) is 5.91 Å². The van der Waals surface area contributed by atoms with Gasteiger partial charge in [0, 0.05) is 38.4 Å². The van der Waals surface area contributed by atoms with Crippen molar-refractivity contribution in [2.24, 2.45) is 0 Å². The summed E-state index contributed by atoms with van der Waals surface area (Å²) in [5.41, 5.74) is 2.29. The number of ether oxygens (including phenoxy) is 1. The smallest absolute Gasteiger partial charge is 0.255 e. The molecule has 2 aromatic rings. The van der Waals surface area contributed by atoms with Crippen molar-refractivity contribution >= 4 is 17.5 Å². The quantitative estimate of drug-likeness (QED) is 0.732. The van der Waals surface area contributed by atoms with Gasteiger partial charge in [-0.3, -0.25) is 9.59 Å². The molecule has 1 N–H and O–H groups in total. The fourth-order valence-corrected chi connectivity index (χ4v) is 2.65. The molecule has 2 amide bonds. The maximum atomic E-state index is 12.3. The molecule has 5 nitrogen and oxygen atoms in total. The van der Waals surface area contributed by atoms with Gasteiger partial charge in [0.2, 0.25) is 5.91 Å². The van der Waals surface area contributed by atoms with E-state index < -0.39 is 0 Å². The summed E-state index contributed by atoms with van der Waals surface area (Å²) in [7, 11) is 3.43. The first-order valence-electron chi connectivity index (χ1n) is 8.74. The minimum Gasteiger partial charge on any atom is -0.385 e. The molecule has 0 aromatic heterocycles. The zero-order chi connectivity index (χ0) is 18.9. The van der Waals surface area contributed by atoms with Gasteiger partial charge >= 0.3 is 0 Å². The van der Waals surface area contributed by atoms with E-state index in [9.17, 15) is 9.59 Å². The van der Waals surface area contributed by atoms with Crippen molar-refractivity contribution in [3.05, 3.63) is 65.7 Å². The molecule has 0 saturated carbocycles. The Morgan fingerprint density at radius 3 is 2.54 bits per heavy atom. The van der Waals surface area contributed by atoms with Crippen molar-refractivity contribution in [3.8, 4) is 0 Å². The number of nitrogens with one attached hydrogen (secondary N) is 1. The standard InChI is InChI=1S/C21H26N2O3/c1-16(23(2)20(24)13-8-14-26-3)18-11-7-12-19(15-18)22-21(25)17-9-5-4-6-10-17/h4-7,9-12,15-16H,8,13-14H2,1-3H3,(H,22,25). The van der Waals surface area contributed by atoms with Crippen LogP contribution in [0.25, 0.3) is 0 Å². The Balaban J connectivity index is 2.03. The summed E-state index contributed by atoms with van der Waals surface area (Å²) < 4.78 is 5.00. The van der Waals surface area contributed by atoms with Gasteiger partial charge in [-0.05, 0) is 43.2 Å². The molecule has 0 radical (unpaired) electrons. The molecule has 0 spiro atoms. The highest BCUT2D eigenvalue weighted by Gasteiger charge is 2.17. The number of anilines is 1. The largest absolute Gasteiger partial charge is 0.385 e. The lowest BCUT2D eigenvalue weighted by atomic mass is 10.1. The van der Waals surface area contributed by atoms with E-state index in [-0.39, 0.29) is 17.9 Å². The number of carbonyl (C=O) groups is 2. The van der Waals surface area contributed by atoms with Gasteiger partial charge in [-0.25, -0.2) is 0 Å². The Bertz CT molecular complexity index is 731. The van der Waals surface area contributed by atoms with E-state index in [1.165, 1.54) is 0 Å². The molecule has 1 unspecified atom stereocenters. The average molecular weight is 354 g/mol. The van der Waals surface area contributed by atoms with Crippen LogP contribution in [0.3, 0.4) is 0 Å². The third kappa shape index (κ3) is 5.43. The van der Waals surface area contributed by atoms with E-state index in [4.69, 9.17) is 4.74 Å². The molecule has 0 aliphatic rings. The number of hydrogen-bond donors (Lipinski definition) is 1. The number of carbonyl (C=O) groups excluding carboxylic acids is 2. The lowest BCUT2D eigenvalue weighted by molar-refractivity contribution is -0.132. The van der Waals surface area contributed by atoms with Crippen molar-refractivity contribution in [3.63, 3.8) is 0 Å². The van der Waals surface area contributed by atoms with Gasteiger partial charge in [-0.2, -0.15) is 0 Å². The van der Waals surface area contributed by atoms with Crippen molar-refractivity contribution in [2.75, 3.05) is 26.1 Å². The second-order valence-corrected chi connectivity index (χ2v) is 6.22. The molecule has 0 aliphatic carbocycles. The topological polar surface area (TPSA) is 58.6 Å². The first-order valence-corrected chi connectivity index (χ1v) is 8.74. The van der Waals surface area contributed by atoms with Gasteiger partial charge in [-0.1, -0.05) is 30.3 Å². The second kappa shape index (κ2) is 9.73. The third-order valence-electron chi connectivity index (χ3n) is 4.38. The molecule has 0 bridgehead atoms. The van der Waals surface area contributed by atoms with Crippen LogP contribution in [0.5, 0.6) is 0 Å². The van der Waals surface area contributed by atoms with Crippen LogP contribution in [0.1, 0.15) is 41.7 Å². The second-order valence-electron chi connectivity index (χ2n) is 6.22. The highest BCUT2D eigenvalue weighted by atomic mass is 16.5. The minimum absolute atomic E-state index is 0.0771. The fraction of sp³-hybridized carbons (Fsp3) is 0.333. The molecule has 5 heteroatoms. The zero-order valence-corrected chi connectivity index (χ0v) is 15.6. The van der Waals surface area contributed by atoms with Gasteiger partial charge in [0.1, 0.15) is 0 Å². The van der Waals surface area contributed by atoms with E-state index in [0.29, 0.717) is 30.7 Å². The molecule has 0 heterocycles. The van der Waals surface area contributed by atoms with Gasteiger partial charge in [0.05, 0.1) is 6.04 Å². The summed E-state index contributed by atoms with van der Waals surface area (Å²) in [4.78, 5) is 26.3. The number of hydrogen-bond acceptors (Lipinski definition) is 3. The maximum Gasteiger partial charge on any atom is 0.255 e. The van der Waals surface area contributed by atoms with Gasteiger partial charge in [-0.15, -0.1) is 0 Å². The van der Waals surface area contributed by atoms with Crippen LogP contribution in [0.15, 0.2) is 54.6 Å². The van der Waals surface area contributed by atoms with Crippen molar-refractivity contribution in [1.29, 1.82) is 0 Å². The van der Waals surface area contributed by atoms with Gasteiger partial charge in [0.15, 0.2) is 0 Å². The Labute approximate surface area is 155 Å². The molecule has 26 heavy (non-hydrogen) atoms. The van der Waals surface area contributed by atoms with Crippen LogP contribution in [0.2, 0.25) is 0 Å². The Hall–Kier alpha value is -2.66. The summed E-state index contributed by atoms with van der Waals surface area (Å²) in [6.45, 7) is 2.56. The SMILES string of the molecule is COCCCC(=O)N(C)C(C)c1cccc(NC(=O)c2ccccc2)c1. The van der Waals surface area contributed by atoms with Crippen molar-refractivity contribution in [2.45, 2.75) is 25.8 Å². The number of amides is 2. The van der Waals surface area contributed by atoms with Crippen LogP contribution in [-0.4, -0.2) is 37.5 Å². The van der Waals surface area contributed by atoms with Crippen LogP contribution < -0.4 is 5.32 Å². The minimum atomic E-state index is -0.153. The predicted octanol–water partition coefficient (Wildman–Crippen LogP) is 3.88. The maximum absolute atomic E-state index is 12.3. The summed E-state index contributed by atoms with van der Waals surface area (Å²) in [6, 6.07) is 16.6. The molecule has 0 fully saturated rings. The van der Waals surface area contributed by atoms with E-state index in [1.54, 1.807) is 31.2 Å². The third-order valence-corrected chi connectivity index (χ3v) is 4.38. The van der Waals surface area contributed by atoms with Crippen LogP contribution >= 0.6 is 0 Å². The number of methoxy groups -OCH3 is 1. The summed E-state index contributed by atoms with van der Waals surface area (Å²) in [5.74, 6) is -0.0762. The molecule has 0 saturated heterocycles. The summed E-state index contributed by atoms with van der Waals surface area (Å²) >= 11 is 0. The lowest BCUT2D eigenvalue weighted by Gasteiger charge is -2.26. The lowest BCUT2D eigenvalue weighted by Crippen LogP contribution is -2.29. The first-order chi connectivity index (χ1) is 12.5. The number of nitrogens with zero attached hydrogens (tertiary/aromatic N) is 1. The van der Waals surface area contributed by atoms with E-state index in [0.717, 1.165) is 5.56 Å². The molecule has 1 atom stereocenters. The van der Waals surface area contributed by atoms with Crippen LogP contribution in [-0.2, 0) is 9.53 Å². The average Bonchev–Trinajstić information content (AvgIpc) is 2.67. The number of rotatable bonds is 8. The van der Waals surface area contributed by atoms with Crippen LogP contribution in [0.4, 0.5) is 5.69 Å². The highest BCUT2D eigenvalue weighted by Crippen LogP contribution is 2.23. The molecule has 0 aliphatic heterocycles.